The van der Waals surface area contributed by atoms with Crippen LogP contribution in [0.5, 0.6) is 5.75 Å². The summed E-state index contributed by atoms with van der Waals surface area (Å²) in [5, 5.41) is 6.49. The lowest BCUT2D eigenvalue weighted by Crippen LogP contribution is -2.52. The number of rotatable bonds is 6. The van der Waals surface area contributed by atoms with Crippen LogP contribution in [0.3, 0.4) is 0 Å². The van der Waals surface area contributed by atoms with E-state index in [1.165, 1.54) is 24.9 Å². The van der Waals surface area contributed by atoms with Crippen molar-refractivity contribution in [3.8, 4) is 5.75 Å². The number of benzene rings is 1. The maximum absolute atomic E-state index is 12.3. The zero-order valence-corrected chi connectivity index (χ0v) is 17.8. The third-order valence-corrected chi connectivity index (χ3v) is 5.69. The van der Waals surface area contributed by atoms with E-state index in [1.807, 2.05) is 12.1 Å². The average Bonchev–Trinajstić information content (AvgIpc) is 2.77. The SMILES string of the molecule is CCNC(=NCC(=O)NC1CCCCC1)N1CCN(c2ccc(OC)cc2)CC1. The van der Waals surface area contributed by atoms with Gasteiger partial charge in [0.25, 0.3) is 0 Å². The van der Waals surface area contributed by atoms with Crippen molar-refractivity contribution in [2.24, 2.45) is 4.99 Å². The Morgan fingerprint density at radius 3 is 2.41 bits per heavy atom. The number of hydrogen-bond acceptors (Lipinski definition) is 4. The highest BCUT2D eigenvalue weighted by molar-refractivity contribution is 5.85. The lowest BCUT2D eigenvalue weighted by atomic mass is 9.95. The lowest BCUT2D eigenvalue weighted by Gasteiger charge is -2.37. The fraction of sp³-hybridized carbons (Fsp3) is 0.636. The second-order valence-electron chi connectivity index (χ2n) is 7.74. The average molecular weight is 402 g/mol. The molecule has 2 aliphatic rings. The molecule has 1 amide bonds. The molecule has 1 aliphatic carbocycles. The number of carbonyl (C=O) groups excluding carboxylic acids is 1. The Morgan fingerprint density at radius 2 is 1.79 bits per heavy atom. The maximum atomic E-state index is 12.3. The molecule has 1 aromatic carbocycles. The van der Waals surface area contributed by atoms with Gasteiger partial charge >= 0.3 is 0 Å². The Labute approximate surface area is 174 Å². The molecule has 2 fully saturated rings. The number of piperazine rings is 1. The van der Waals surface area contributed by atoms with Gasteiger partial charge in [-0.05, 0) is 44.0 Å². The van der Waals surface area contributed by atoms with Crippen LogP contribution in [0.1, 0.15) is 39.0 Å². The van der Waals surface area contributed by atoms with Crippen LogP contribution >= 0.6 is 0 Å². The Morgan fingerprint density at radius 1 is 1.10 bits per heavy atom. The molecule has 0 atom stereocenters. The Kier molecular flexibility index (Phi) is 8.02. The van der Waals surface area contributed by atoms with Crippen LogP contribution in [0.4, 0.5) is 5.69 Å². The number of anilines is 1. The number of ether oxygens (including phenoxy) is 1. The molecule has 0 spiro atoms. The first-order valence-electron chi connectivity index (χ1n) is 10.9. The topological polar surface area (TPSA) is 69.2 Å². The summed E-state index contributed by atoms with van der Waals surface area (Å²) in [7, 11) is 1.69. The lowest BCUT2D eigenvalue weighted by molar-refractivity contribution is -0.120. The number of nitrogens with one attached hydrogen (secondary N) is 2. The predicted octanol–water partition coefficient (Wildman–Crippen LogP) is 2.23. The molecule has 7 heteroatoms. The highest BCUT2D eigenvalue weighted by atomic mass is 16.5. The molecule has 0 unspecified atom stereocenters. The van der Waals surface area contributed by atoms with E-state index < -0.39 is 0 Å². The van der Waals surface area contributed by atoms with Gasteiger partial charge < -0.3 is 25.2 Å². The normalized spacial score (nSPS) is 18.5. The number of aliphatic imine (C=N–C) groups is 1. The van der Waals surface area contributed by atoms with Crippen molar-refractivity contribution in [3.63, 3.8) is 0 Å². The standard InChI is InChI=1S/C22H35N5O2/c1-3-23-22(24-17-21(28)25-18-7-5-4-6-8-18)27-15-13-26(14-16-27)19-9-11-20(29-2)12-10-19/h9-12,18H,3-8,13-17H2,1-2H3,(H,23,24)(H,25,28). The summed E-state index contributed by atoms with van der Waals surface area (Å²) in [6.07, 6.45) is 5.92. The van der Waals surface area contributed by atoms with Crippen molar-refractivity contribution in [3.05, 3.63) is 24.3 Å². The third-order valence-electron chi connectivity index (χ3n) is 5.69. The van der Waals surface area contributed by atoms with Crippen molar-refractivity contribution in [1.82, 2.24) is 15.5 Å². The molecule has 1 saturated carbocycles. The first-order chi connectivity index (χ1) is 14.2. The van der Waals surface area contributed by atoms with E-state index in [2.05, 4.69) is 44.5 Å². The van der Waals surface area contributed by atoms with Crippen LogP contribution in [0, 0.1) is 0 Å². The second-order valence-corrected chi connectivity index (χ2v) is 7.74. The minimum absolute atomic E-state index is 0.0316. The predicted molar refractivity (Wildman–Crippen MR) is 118 cm³/mol. The minimum Gasteiger partial charge on any atom is -0.497 e. The van der Waals surface area contributed by atoms with Gasteiger partial charge in [0.15, 0.2) is 5.96 Å². The first-order valence-corrected chi connectivity index (χ1v) is 10.9. The molecule has 160 valence electrons. The van der Waals surface area contributed by atoms with E-state index in [0.29, 0.717) is 6.04 Å². The summed E-state index contributed by atoms with van der Waals surface area (Å²) >= 11 is 0. The molecule has 2 N–H and O–H groups in total. The summed E-state index contributed by atoms with van der Waals surface area (Å²) in [6.45, 7) is 6.64. The van der Waals surface area contributed by atoms with E-state index in [4.69, 9.17) is 4.74 Å². The van der Waals surface area contributed by atoms with Crippen LogP contribution in [0.2, 0.25) is 0 Å². The molecular weight excluding hydrogens is 366 g/mol. The first kappa shape index (κ1) is 21.3. The summed E-state index contributed by atoms with van der Waals surface area (Å²) in [4.78, 5) is 21.5. The molecule has 1 saturated heterocycles. The largest absolute Gasteiger partial charge is 0.497 e. The van der Waals surface area contributed by atoms with E-state index in [-0.39, 0.29) is 12.5 Å². The van der Waals surface area contributed by atoms with E-state index in [0.717, 1.165) is 57.3 Å². The Balaban J connectivity index is 1.51. The van der Waals surface area contributed by atoms with Crippen LogP contribution in [0.25, 0.3) is 0 Å². The highest BCUT2D eigenvalue weighted by Crippen LogP contribution is 2.20. The van der Waals surface area contributed by atoms with Gasteiger partial charge in [0.1, 0.15) is 12.3 Å². The van der Waals surface area contributed by atoms with Gasteiger partial charge in [-0.2, -0.15) is 0 Å². The van der Waals surface area contributed by atoms with Crippen molar-refractivity contribution in [2.45, 2.75) is 45.1 Å². The molecule has 3 rings (SSSR count). The summed E-state index contributed by atoms with van der Waals surface area (Å²) in [5.41, 5.74) is 1.21. The molecule has 1 aliphatic heterocycles. The van der Waals surface area contributed by atoms with Gasteiger partial charge in [0, 0.05) is 44.5 Å². The van der Waals surface area contributed by atoms with Gasteiger partial charge in [0.2, 0.25) is 5.91 Å². The fourth-order valence-corrected chi connectivity index (χ4v) is 4.06. The summed E-state index contributed by atoms with van der Waals surface area (Å²) in [5.74, 6) is 1.74. The number of hydrogen-bond donors (Lipinski definition) is 2. The quantitative estimate of drug-likeness (QED) is 0.565. The maximum Gasteiger partial charge on any atom is 0.242 e. The van der Waals surface area contributed by atoms with Gasteiger partial charge in [0.05, 0.1) is 7.11 Å². The third kappa shape index (κ3) is 6.27. The molecule has 7 nitrogen and oxygen atoms in total. The Bertz CT molecular complexity index is 662. The zero-order valence-electron chi connectivity index (χ0n) is 17.8. The fourth-order valence-electron chi connectivity index (χ4n) is 4.06. The molecule has 0 bridgehead atoms. The van der Waals surface area contributed by atoms with Crippen LogP contribution in [0.15, 0.2) is 29.3 Å². The number of carbonyl (C=O) groups is 1. The second kappa shape index (κ2) is 10.9. The molecular formula is C22H35N5O2. The van der Waals surface area contributed by atoms with Gasteiger partial charge in [-0.1, -0.05) is 19.3 Å². The molecule has 1 aromatic rings. The zero-order chi connectivity index (χ0) is 20.5. The van der Waals surface area contributed by atoms with Crippen molar-refractivity contribution < 1.29 is 9.53 Å². The van der Waals surface area contributed by atoms with E-state index in [9.17, 15) is 4.79 Å². The smallest absolute Gasteiger partial charge is 0.242 e. The van der Waals surface area contributed by atoms with Gasteiger partial charge in [-0.15, -0.1) is 0 Å². The highest BCUT2D eigenvalue weighted by Gasteiger charge is 2.21. The van der Waals surface area contributed by atoms with E-state index in [1.54, 1.807) is 7.11 Å². The van der Waals surface area contributed by atoms with Gasteiger partial charge in [-0.3, -0.25) is 4.79 Å². The van der Waals surface area contributed by atoms with Crippen molar-refractivity contribution in [2.75, 3.05) is 51.3 Å². The molecule has 1 heterocycles. The number of guanidine groups is 1. The van der Waals surface area contributed by atoms with Crippen LogP contribution in [-0.4, -0.2) is 69.2 Å². The number of nitrogens with zero attached hydrogens (tertiary/aromatic N) is 3. The van der Waals surface area contributed by atoms with Crippen molar-refractivity contribution >= 4 is 17.6 Å². The minimum atomic E-state index is 0.0316. The molecule has 0 aromatic heterocycles. The summed E-state index contributed by atoms with van der Waals surface area (Å²) < 4.78 is 5.24. The summed E-state index contributed by atoms with van der Waals surface area (Å²) in [6, 6.07) is 8.53. The molecule has 29 heavy (non-hydrogen) atoms. The molecule has 0 radical (unpaired) electrons. The van der Waals surface area contributed by atoms with Crippen LogP contribution in [-0.2, 0) is 4.79 Å². The monoisotopic (exact) mass is 401 g/mol. The Hall–Kier alpha value is -2.44. The van der Waals surface area contributed by atoms with Crippen LogP contribution < -0.4 is 20.3 Å². The van der Waals surface area contributed by atoms with Gasteiger partial charge in [-0.25, -0.2) is 4.99 Å². The van der Waals surface area contributed by atoms with Crippen molar-refractivity contribution in [1.29, 1.82) is 0 Å². The number of amides is 1. The number of methoxy groups -OCH3 is 1. The van der Waals surface area contributed by atoms with E-state index >= 15 is 0 Å².